The van der Waals surface area contributed by atoms with Crippen LogP contribution in [0.25, 0.3) is 0 Å². The number of halogens is 2. The Morgan fingerprint density at radius 2 is 1.85 bits per heavy atom. The summed E-state index contributed by atoms with van der Waals surface area (Å²) in [5.41, 5.74) is 5.34. The molecule has 40 heavy (non-hydrogen) atoms. The van der Waals surface area contributed by atoms with E-state index in [1.165, 1.54) is 17.7 Å². The molecule has 0 unspecified atom stereocenters. The second kappa shape index (κ2) is 11.0. The van der Waals surface area contributed by atoms with E-state index in [-0.39, 0.29) is 23.6 Å². The van der Waals surface area contributed by atoms with Crippen LogP contribution >= 0.6 is 0 Å². The van der Waals surface area contributed by atoms with Gasteiger partial charge in [0.2, 0.25) is 0 Å². The molecule has 1 saturated carbocycles. The molecular formula is C31H30F2N6O. The van der Waals surface area contributed by atoms with Gasteiger partial charge in [0.05, 0.1) is 6.61 Å². The van der Waals surface area contributed by atoms with Crippen LogP contribution in [0.2, 0.25) is 0 Å². The molecule has 204 valence electrons. The van der Waals surface area contributed by atoms with Crippen molar-refractivity contribution in [2.24, 2.45) is 0 Å². The van der Waals surface area contributed by atoms with Gasteiger partial charge in [-0.05, 0) is 62.6 Å². The van der Waals surface area contributed by atoms with Gasteiger partial charge in [0.25, 0.3) is 0 Å². The SMILES string of the molecule is CCOc1cc(F)c(CNc2ccccc2C(=N)c2nc3c(c(Nc4ccncc4C4CC4)n2)CCC3)c(F)c1. The van der Waals surface area contributed by atoms with Crippen molar-refractivity contribution >= 4 is 22.9 Å². The zero-order valence-electron chi connectivity index (χ0n) is 22.2. The first-order chi connectivity index (χ1) is 19.5. The average Bonchev–Trinajstić information content (AvgIpc) is 3.69. The highest BCUT2D eigenvalue weighted by molar-refractivity contribution is 6.12. The highest BCUT2D eigenvalue weighted by atomic mass is 19.1. The Kier molecular flexibility index (Phi) is 7.11. The number of aromatic nitrogens is 3. The van der Waals surface area contributed by atoms with Crippen molar-refractivity contribution in [3.8, 4) is 5.75 Å². The van der Waals surface area contributed by atoms with Crippen LogP contribution in [0.15, 0.2) is 54.9 Å². The summed E-state index contributed by atoms with van der Waals surface area (Å²) >= 11 is 0. The molecule has 3 N–H and O–H groups in total. The molecule has 0 saturated heterocycles. The quantitative estimate of drug-likeness (QED) is 0.194. The standard InChI is InChI=1S/C31H30F2N6O/c1-2-40-19-14-24(32)23(25(33)15-19)17-36-26-8-4-3-6-20(26)29(34)31-38-27-9-5-7-21(27)30(39-31)37-28-12-13-35-16-22(28)18-10-11-18/h3-4,6,8,12-16,18,34,36H,2,5,7,9-11,17H2,1H3,(H,35,37,38,39). The van der Waals surface area contributed by atoms with Crippen LogP contribution in [-0.4, -0.2) is 27.3 Å². The first-order valence-electron chi connectivity index (χ1n) is 13.7. The van der Waals surface area contributed by atoms with Gasteiger partial charge in [-0.3, -0.25) is 10.4 Å². The predicted octanol–water partition coefficient (Wildman–Crippen LogP) is 6.69. The zero-order valence-corrected chi connectivity index (χ0v) is 22.2. The number of nitrogens with zero attached hydrogens (tertiary/aromatic N) is 3. The maximum absolute atomic E-state index is 14.7. The number of benzene rings is 2. The minimum atomic E-state index is -0.692. The highest BCUT2D eigenvalue weighted by Gasteiger charge is 2.28. The lowest BCUT2D eigenvalue weighted by Gasteiger charge is -2.17. The average molecular weight is 541 g/mol. The predicted molar refractivity (Wildman–Crippen MR) is 151 cm³/mol. The van der Waals surface area contributed by atoms with Crippen LogP contribution in [0.5, 0.6) is 5.75 Å². The van der Waals surface area contributed by atoms with Gasteiger partial charge >= 0.3 is 0 Å². The topological polar surface area (TPSA) is 95.8 Å². The minimum absolute atomic E-state index is 0.0990. The number of hydrogen-bond donors (Lipinski definition) is 3. The second-order valence-corrected chi connectivity index (χ2v) is 10.1. The van der Waals surface area contributed by atoms with E-state index in [0.29, 0.717) is 29.6 Å². The lowest BCUT2D eigenvalue weighted by Crippen LogP contribution is -2.15. The van der Waals surface area contributed by atoms with Crippen molar-refractivity contribution in [3.05, 3.63) is 100 Å². The lowest BCUT2D eigenvalue weighted by molar-refractivity contribution is 0.335. The molecule has 0 radical (unpaired) electrons. The van der Waals surface area contributed by atoms with Crippen LogP contribution in [0, 0.1) is 17.0 Å². The van der Waals surface area contributed by atoms with Crippen LogP contribution in [0.4, 0.5) is 26.0 Å². The van der Waals surface area contributed by atoms with E-state index in [4.69, 9.17) is 20.1 Å². The second-order valence-electron chi connectivity index (χ2n) is 10.1. The van der Waals surface area contributed by atoms with Crippen molar-refractivity contribution in [3.63, 3.8) is 0 Å². The molecule has 9 heteroatoms. The van der Waals surface area contributed by atoms with E-state index >= 15 is 0 Å². The number of anilines is 3. The lowest BCUT2D eigenvalue weighted by atomic mass is 10.1. The molecule has 0 aliphatic heterocycles. The maximum Gasteiger partial charge on any atom is 0.180 e. The van der Waals surface area contributed by atoms with Gasteiger partial charge in [0.1, 0.15) is 28.9 Å². The zero-order chi connectivity index (χ0) is 27.6. The maximum atomic E-state index is 14.7. The smallest absolute Gasteiger partial charge is 0.180 e. The molecule has 4 aromatic rings. The first kappa shape index (κ1) is 25.9. The number of hydrogen-bond acceptors (Lipinski definition) is 7. The van der Waals surface area contributed by atoms with Crippen molar-refractivity contribution in [1.29, 1.82) is 5.41 Å². The molecule has 7 nitrogen and oxygen atoms in total. The van der Waals surface area contributed by atoms with Crippen LogP contribution in [-0.2, 0) is 19.4 Å². The van der Waals surface area contributed by atoms with Crippen LogP contribution in [0.1, 0.15) is 65.9 Å². The third kappa shape index (κ3) is 5.23. The third-order valence-corrected chi connectivity index (χ3v) is 7.36. The van der Waals surface area contributed by atoms with Gasteiger partial charge in [-0.1, -0.05) is 18.2 Å². The first-order valence-corrected chi connectivity index (χ1v) is 13.7. The van der Waals surface area contributed by atoms with E-state index in [0.717, 1.165) is 54.9 Å². The molecule has 1 fully saturated rings. The van der Waals surface area contributed by atoms with E-state index in [1.807, 2.05) is 24.4 Å². The summed E-state index contributed by atoms with van der Waals surface area (Å²) in [7, 11) is 0. The molecule has 0 bridgehead atoms. The van der Waals surface area contributed by atoms with Gasteiger partial charge in [0.15, 0.2) is 5.82 Å². The molecule has 2 aliphatic carbocycles. The number of rotatable bonds is 10. The normalized spacial score (nSPS) is 14.1. The summed E-state index contributed by atoms with van der Waals surface area (Å²) in [5, 5.41) is 15.7. The Morgan fingerprint density at radius 3 is 2.62 bits per heavy atom. The van der Waals surface area contributed by atoms with E-state index < -0.39 is 11.6 Å². The molecule has 0 amide bonds. The van der Waals surface area contributed by atoms with Crippen molar-refractivity contribution in [2.75, 3.05) is 17.2 Å². The highest BCUT2D eigenvalue weighted by Crippen LogP contribution is 2.44. The largest absolute Gasteiger partial charge is 0.494 e. The fourth-order valence-electron chi connectivity index (χ4n) is 5.17. The van der Waals surface area contributed by atoms with Crippen LogP contribution in [0.3, 0.4) is 0 Å². The number of aryl methyl sites for hydroxylation is 1. The summed E-state index contributed by atoms with van der Waals surface area (Å²) < 4.78 is 34.6. The fourth-order valence-corrected chi connectivity index (χ4v) is 5.17. The number of ether oxygens (including phenoxy) is 1. The Hall–Kier alpha value is -4.40. The minimum Gasteiger partial charge on any atom is -0.494 e. The summed E-state index contributed by atoms with van der Waals surface area (Å²) in [6.45, 7) is 1.97. The summed E-state index contributed by atoms with van der Waals surface area (Å²) in [4.78, 5) is 13.9. The van der Waals surface area contributed by atoms with Crippen LogP contribution < -0.4 is 15.4 Å². The van der Waals surface area contributed by atoms with E-state index in [9.17, 15) is 8.78 Å². The molecule has 2 heterocycles. The Labute approximate surface area is 231 Å². The van der Waals surface area contributed by atoms with Crippen molar-refractivity contribution in [1.82, 2.24) is 15.0 Å². The van der Waals surface area contributed by atoms with E-state index in [2.05, 4.69) is 15.6 Å². The summed E-state index contributed by atoms with van der Waals surface area (Å²) in [6, 6.07) is 11.5. The monoisotopic (exact) mass is 540 g/mol. The van der Waals surface area contributed by atoms with Gasteiger partial charge in [0, 0.05) is 64.8 Å². The Balaban J connectivity index is 1.28. The molecule has 2 aromatic heterocycles. The third-order valence-electron chi connectivity index (χ3n) is 7.36. The number of para-hydroxylation sites is 1. The van der Waals surface area contributed by atoms with Gasteiger partial charge in [-0.2, -0.15) is 0 Å². The number of pyridine rings is 1. The van der Waals surface area contributed by atoms with Crippen molar-refractivity contribution < 1.29 is 13.5 Å². The summed E-state index contributed by atoms with van der Waals surface area (Å²) in [6.07, 6.45) is 8.71. The fraction of sp³-hybridized carbons (Fsp3) is 0.290. The van der Waals surface area contributed by atoms with Gasteiger partial charge in [-0.15, -0.1) is 0 Å². The van der Waals surface area contributed by atoms with E-state index in [1.54, 1.807) is 25.3 Å². The molecular weight excluding hydrogens is 510 g/mol. The molecule has 2 aliphatic rings. The Morgan fingerprint density at radius 1 is 1.05 bits per heavy atom. The molecule has 0 atom stereocenters. The summed E-state index contributed by atoms with van der Waals surface area (Å²) in [5.74, 6) is 0.312. The van der Waals surface area contributed by atoms with Gasteiger partial charge < -0.3 is 15.4 Å². The number of nitrogens with one attached hydrogen (secondary N) is 3. The number of fused-ring (bicyclic) bond motifs is 1. The van der Waals surface area contributed by atoms with Crippen molar-refractivity contribution in [2.45, 2.75) is 51.5 Å². The molecule has 0 spiro atoms. The molecule has 2 aromatic carbocycles. The Bertz CT molecular complexity index is 1560. The van der Waals surface area contributed by atoms with Gasteiger partial charge in [-0.25, -0.2) is 18.7 Å². The molecule has 6 rings (SSSR count).